The third-order valence-electron chi connectivity index (χ3n) is 4.27. The van der Waals surface area contributed by atoms with E-state index in [-0.39, 0.29) is 14.9 Å². The summed E-state index contributed by atoms with van der Waals surface area (Å²) in [5.41, 5.74) is 2.73. The van der Waals surface area contributed by atoms with E-state index in [0.29, 0.717) is 22.5 Å². The van der Waals surface area contributed by atoms with Crippen molar-refractivity contribution >= 4 is 38.1 Å². The first-order valence-electron chi connectivity index (χ1n) is 8.72. The zero-order valence-corrected chi connectivity index (χ0v) is 18.0. The van der Waals surface area contributed by atoms with Crippen LogP contribution in [0.25, 0.3) is 0 Å². The van der Waals surface area contributed by atoms with Gasteiger partial charge in [0.2, 0.25) is 0 Å². The number of nitrogens with one attached hydrogen (secondary N) is 2. The van der Waals surface area contributed by atoms with Gasteiger partial charge in [0.25, 0.3) is 15.9 Å². The lowest BCUT2D eigenvalue weighted by atomic mass is 10.2. The SMILES string of the molecule is Cc1ccc(S(=O)(=O)Nc2nc(C)c(C(=O)Nc3ccc(C)c(F)c3)s2)c(C)c1. The molecule has 1 amide bonds. The lowest BCUT2D eigenvalue weighted by Crippen LogP contribution is -2.14. The first kappa shape index (κ1) is 20.9. The highest BCUT2D eigenvalue weighted by Crippen LogP contribution is 2.27. The van der Waals surface area contributed by atoms with Gasteiger partial charge >= 0.3 is 0 Å². The predicted octanol–water partition coefficient (Wildman–Crippen LogP) is 4.57. The number of benzene rings is 2. The van der Waals surface area contributed by atoms with Crippen molar-refractivity contribution in [2.45, 2.75) is 32.6 Å². The van der Waals surface area contributed by atoms with Crippen LogP contribution in [0.15, 0.2) is 41.3 Å². The summed E-state index contributed by atoms with van der Waals surface area (Å²) in [4.78, 5) is 17.1. The molecular weight excluding hydrogens is 413 g/mol. The van der Waals surface area contributed by atoms with Crippen molar-refractivity contribution in [3.63, 3.8) is 0 Å². The number of hydrogen-bond donors (Lipinski definition) is 2. The smallest absolute Gasteiger partial charge is 0.267 e. The molecule has 2 N–H and O–H groups in total. The first-order chi connectivity index (χ1) is 13.6. The van der Waals surface area contributed by atoms with Gasteiger partial charge in [-0.05, 0) is 57.0 Å². The van der Waals surface area contributed by atoms with Gasteiger partial charge in [-0.25, -0.2) is 17.8 Å². The maximum atomic E-state index is 13.7. The molecule has 0 aliphatic carbocycles. The molecule has 2 aromatic carbocycles. The molecule has 0 fully saturated rings. The number of thiazole rings is 1. The molecule has 6 nitrogen and oxygen atoms in total. The lowest BCUT2D eigenvalue weighted by Gasteiger charge is -2.08. The third-order valence-corrected chi connectivity index (χ3v) is 6.97. The van der Waals surface area contributed by atoms with E-state index >= 15 is 0 Å². The number of aromatic nitrogens is 1. The predicted molar refractivity (Wildman–Crippen MR) is 113 cm³/mol. The zero-order valence-electron chi connectivity index (χ0n) is 16.3. The fourth-order valence-electron chi connectivity index (χ4n) is 2.78. The second-order valence-electron chi connectivity index (χ2n) is 6.73. The van der Waals surface area contributed by atoms with E-state index in [1.54, 1.807) is 45.0 Å². The molecule has 1 aromatic heterocycles. The Bertz CT molecular complexity index is 1200. The number of carbonyl (C=O) groups is 1. The van der Waals surface area contributed by atoms with E-state index in [1.807, 2.05) is 6.92 Å². The lowest BCUT2D eigenvalue weighted by molar-refractivity contribution is 0.103. The molecule has 0 saturated carbocycles. The Morgan fingerprint density at radius 3 is 2.41 bits per heavy atom. The van der Waals surface area contributed by atoms with E-state index < -0.39 is 21.7 Å². The van der Waals surface area contributed by atoms with Crippen LogP contribution in [0.5, 0.6) is 0 Å². The fourth-order valence-corrected chi connectivity index (χ4v) is 5.10. The monoisotopic (exact) mass is 433 g/mol. The Kier molecular flexibility index (Phi) is 5.72. The van der Waals surface area contributed by atoms with Crippen LogP contribution in [0, 0.1) is 33.5 Å². The molecule has 29 heavy (non-hydrogen) atoms. The first-order valence-corrected chi connectivity index (χ1v) is 11.0. The summed E-state index contributed by atoms with van der Waals surface area (Å²) in [5, 5.41) is 2.69. The standard InChI is InChI=1S/C20H20FN3O3S2/c1-11-5-8-17(13(3)9-11)29(26,27)24-20-22-14(4)18(28-20)19(25)23-15-7-6-12(2)16(21)10-15/h5-10H,1-4H3,(H,22,24)(H,23,25). The van der Waals surface area contributed by atoms with Crippen molar-refractivity contribution in [2.24, 2.45) is 0 Å². The number of anilines is 2. The Morgan fingerprint density at radius 2 is 1.76 bits per heavy atom. The Balaban J connectivity index is 1.82. The number of halogens is 1. The summed E-state index contributed by atoms with van der Waals surface area (Å²) < 4.78 is 41.5. The number of carbonyl (C=O) groups excluding carboxylic acids is 1. The van der Waals surface area contributed by atoms with Gasteiger partial charge in [-0.1, -0.05) is 35.1 Å². The van der Waals surface area contributed by atoms with Gasteiger partial charge in [-0.15, -0.1) is 0 Å². The minimum atomic E-state index is -3.84. The fraction of sp³-hybridized carbons (Fsp3) is 0.200. The highest BCUT2D eigenvalue weighted by molar-refractivity contribution is 7.93. The zero-order chi connectivity index (χ0) is 21.3. The Labute approximate surface area is 172 Å². The molecule has 0 saturated heterocycles. The van der Waals surface area contributed by atoms with Gasteiger partial charge in [0.1, 0.15) is 10.7 Å². The van der Waals surface area contributed by atoms with Crippen LogP contribution in [0.4, 0.5) is 15.2 Å². The topological polar surface area (TPSA) is 88.2 Å². The van der Waals surface area contributed by atoms with Crippen LogP contribution in [-0.4, -0.2) is 19.3 Å². The van der Waals surface area contributed by atoms with Crippen LogP contribution in [0.2, 0.25) is 0 Å². The summed E-state index contributed by atoms with van der Waals surface area (Å²) in [6.07, 6.45) is 0. The van der Waals surface area contributed by atoms with Crippen LogP contribution < -0.4 is 10.0 Å². The molecule has 3 rings (SSSR count). The van der Waals surface area contributed by atoms with Crippen LogP contribution in [0.1, 0.15) is 32.1 Å². The Hall–Kier alpha value is -2.78. The molecular formula is C20H20FN3O3S2. The molecule has 0 bridgehead atoms. The molecule has 3 aromatic rings. The highest BCUT2D eigenvalue weighted by Gasteiger charge is 2.22. The number of sulfonamides is 1. The van der Waals surface area contributed by atoms with Crippen LogP contribution in [-0.2, 0) is 10.0 Å². The summed E-state index contributed by atoms with van der Waals surface area (Å²) in [6.45, 7) is 6.83. The van der Waals surface area contributed by atoms with Crippen LogP contribution >= 0.6 is 11.3 Å². The largest absolute Gasteiger partial charge is 0.321 e. The minimum Gasteiger partial charge on any atom is -0.321 e. The molecule has 9 heteroatoms. The molecule has 0 aliphatic rings. The maximum absolute atomic E-state index is 13.7. The van der Waals surface area contributed by atoms with E-state index in [1.165, 1.54) is 12.1 Å². The molecule has 0 radical (unpaired) electrons. The summed E-state index contributed by atoms with van der Waals surface area (Å²) in [7, 11) is -3.84. The maximum Gasteiger partial charge on any atom is 0.267 e. The molecule has 1 heterocycles. The Morgan fingerprint density at radius 1 is 1.03 bits per heavy atom. The van der Waals surface area contributed by atoms with Gasteiger partial charge in [0, 0.05) is 5.69 Å². The van der Waals surface area contributed by atoms with Crippen molar-refractivity contribution in [3.8, 4) is 0 Å². The van der Waals surface area contributed by atoms with E-state index in [0.717, 1.165) is 16.9 Å². The van der Waals surface area contributed by atoms with Crippen molar-refractivity contribution in [1.29, 1.82) is 0 Å². The average molecular weight is 434 g/mol. The van der Waals surface area contributed by atoms with Gasteiger partial charge in [0.05, 0.1) is 10.6 Å². The molecule has 0 spiro atoms. The summed E-state index contributed by atoms with van der Waals surface area (Å²) >= 11 is 0.918. The number of aryl methyl sites for hydroxylation is 4. The molecule has 0 aliphatic heterocycles. The van der Waals surface area contributed by atoms with E-state index in [9.17, 15) is 17.6 Å². The van der Waals surface area contributed by atoms with Gasteiger partial charge < -0.3 is 5.32 Å². The van der Waals surface area contributed by atoms with E-state index in [4.69, 9.17) is 0 Å². The summed E-state index contributed by atoms with van der Waals surface area (Å²) in [6, 6.07) is 9.42. The third kappa shape index (κ3) is 4.63. The number of rotatable bonds is 5. The van der Waals surface area contributed by atoms with Crippen LogP contribution in [0.3, 0.4) is 0 Å². The van der Waals surface area contributed by atoms with Gasteiger partial charge in [-0.3, -0.25) is 9.52 Å². The molecule has 0 unspecified atom stereocenters. The number of hydrogen-bond acceptors (Lipinski definition) is 5. The minimum absolute atomic E-state index is 0.0858. The van der Waals surface area contributed by atoms with E-state index in [2.05, 4.69) is 15.0 Å². The summed E-state index contributed by atoms with van der Waals surface area (Å²) in [5.74, 6) is -0.911. The normalized spacial score (nSPS) is 11.3. The second-order valence-corrected chi connectivity index (χ2v) is 9.38. The molecule has 0 atom stereocenters. The molecule has 152 valence electrons. The van der Waals surface area contributed by atoms with Crippen molar-refractivity contribution in [3.05, 3.63) is 69.5 Å². The average Bonchev–Trinajstić information content (AvgIpc) is 2.97. The number of amides is 1. The van der Waals surface area contributed by atoms with Crippen molar-refractivity contribution in [2.75, 3.05) is 10.0 Å². The van der Waals surface area contributed by atoms with Gasteiger partial charge in [-0.2, -0.15) is 0 Å². The van der Waals surface area contributed by atoms with Gasteiger partial charge in [0.15, 0.2) is 5.13 Å². The van der Waals surface area contributed by atoms with Crippen molar-refractivity contribution < 1.29 is 17.6 Å². The highest BCUT2D eigenvalue weighted by atomic mass is 32.2. The number of nitrogens with zero attached hydrogens (tertiary/aromatic N) is 1. The second kappa shape index (κ2) is 7.92. The van der Waals surface area contributed by atoms with Crippen molar-refractivity contribution in [1.82, 2.24) is 4.98 Å². The quantitative estimate of drug-likeness (QED) is 0.617.